The topological polar surface area (TPSA) is 21.3 Å². The molecule has 0 spiro atoms. The Hall–Kier alpha value is 0.100. The first-order chi connectivity index (χ1) is 8.27. The van der Waals surface area contributed by atoms with Gasteiger partial charge in [0.05, 0.1) is 0 Å². The molecule has 2 nitrogen and oxygen atoms in total. The van der Waals surface area contributed by atoms with Crippen LogP contribution < -0.4 is 5.32 Å². The Bertz CT molecular complexity index is 303. The molecule has 1 atom stereocenters. The third kappa shape index (κ3) is 6.00. The Morgan fingerprint density at radius 1 is 1.53 bits per heavy atom. The minimum atomic E-state index is 0.569. The number of rotatable bonds is 9. The van der Waals surface area contributed by atoms with Gasteiger partial charge in [0.25, 0.3) is 0 Å². The van der Waals surface area contributed by atoms with Crippen LogP contribution in [0.4, 0.5) is 0 Å². The second kappa shape index (κ2) is 9.09. The summed E-state index contributed by atoms with van der Waals surface area (Å²) in [5.41, 5.74) is 0. The second-order valence-electron chi connectivity index (χ2n) is 4.18. The largest absolute Gasteiger partial charge is 0.385 e. The normalized spacial score (nSPS) is 12.9. The van der Waals surface area contributed by atoms with Crippen LogP contribution in [0.3, 0.4) is 0 Å². The molecular weight excluding hydrogens is 298 g/mol. The van der Waals surface area contributed by atoms with Gasteiger partial charge in [0.15, 0.2) is 0 Å². The lowest BCUT2D eigenvalue weighted by molar-refractivity contribution is 0.188. The van der Waals surface area contributed by atoms with Gasteiger partial charge in [-0.05, 0) is 59.6 Å². The van der Waals surface area contributed by atoms with Gasteiger partial charge in [0.2, 0.25) is 0 Å². The summed E-state index contributed by atoms with van der Waals surface area (Å²) in [5, 5.41) is 5.77. The van der Waals surface area contributed by atoms with E-state index >= 15 is 0 Å². The van der Waals surface area contributed by atoms with E-state index in [-0.39, 0.29) is 0 Å². The maximum atomic E-state index is 5.12. The zero-order chi connectivity index (χ0) is 12.5. The monoisotopic (exact) mass is 319 g/mol. The van der Waals surface area contributed by atoms with E-state index in [4.69, 9.17) is 4.74 Å². The van der Waals surface area contributed by atoms with E-state index in [2.05, 4.69) is 39.6 Å². The number of ether oxygens (including phenoxy) is 1. The second-order valence-corrected chi connectivity index (χ2v) is 6.04. The molecular formula is C13H22BrNOS. The van der Waals surface area contributed by atoms with Crippen molar-refractivity contribution < 1.29 is 4.74 Å². The van der Waals surface area contributed by atoms with Gasteiger partial charge in [0, 0.05) is 29.1 Å². The lowest BCUT2D eigenvalue weighted by Gasteiger charge is -2.18. The van der Waals surface area contributed by atoms with Gasteiger partial charge in [-0.25, -0.2) is 0 Å². The van der Waals surface area contributed by atoms with Crippen molar-refractivity contribution in [3.63, 3.8) is 0 Å². The molecule has 0 saturated heterocycles. The van der Waals surface area contributed by atoms with Crippen molar-refractivity contribution in [2.24, 2.45) is 0 Å². The lowest BCUT2D eigenvalue weighted by Crippen LogP contribution is -2.31. The summed E-state index contributed by atoms with van der Waals surface area (Å²) in [4.78, 5) is 1.44. The molecule has 0 saturated carbocycles. The van der Waals surface area contributed by atoms with Gasteiger partial charge in [-0.2, -0.15) is 0 Å². The molecule has 1 rings (SSSR count). The molecule has 1 N–H and O–H groups in total. The van der Waals surface area contributed by atoms with Gasteiger partial charge < -0.3 is 10.1 Å². The maximum Gasteiger partial charge on any atom is 0.0462 e. The van der Waals surface area contributed by atoms with Gasteiger partial charge in [-0.15, -0.1) is 11.3 Å². The Morgan fingerprint density at radius 2 is 2.35 bits per heavy atom. The van der Waals surface area contributed by atoms with E-state index in [9.17, 15) is 0 Å². The zero-order valence-corrected chi connectivity index (χ0v) is 13.1. The first-order valence-corrected chi connectivity index (χ1v) is 7.89. The highest BCUT2D eigenvalue weighted by Crippen LogP contribution is 2.24. The maximum absolute atomic E-state index is 5.12. The summed E-state index contributed by atoms with van der Waals surface area (Å²) in [7, 11) is 1.77. The highest BCUT2D eigenvalue weighted by molar-refractivity contribution is 9.10. The predicted molar refractivity (Wildman–Crippen MR) is 78.9 cm³/mol. The molecule has 0 aliphatic heterocycles. The Morgan fingerprint density at radius 3 is 2.94 bits per heavy atom. The molecule has 1 aromatic rings. The molecule has 0 radical (unpaired) electrons. The van der Waals surface area contributed by atoms with Crippen molar-refractivity contribution in [3.8, 4) is 0 Å². The van der Waals surface area contributed by atoms with Crippen LogP contribution in [0.5, 0.6) is 0 Å². The quantitative estimate of drug-likeness (QED) is 0.698. The average Bonchev–Trinajstić information content (AvgIpc) is 2.72. The standard InChI is InChI=1S/C13H22BrNOS/c1-3-7-15-11(5-4-8-16-2)10-13-12(14)6-9-17-13/h6,9,11,15H,3-5,7-8,10H2,1-2H3. The molecule has 0 aromatic carbocycles. The van der Waals surface area contributed by atoms with Crippen molar-refractivity contribution in [1.82, 2.24) is 5.32 Å². The Kier molecular flexibility index (Phi) is 8.10. The number of hydrogen-bond donors (Lipinski definition) is 1. The third-order valence-corrected chi connectivity index (χ3v) is 4.66. The molecule has 98 valence electrons. The third-order valence-electron chi connectivity index (χ3n) is 2.71. The zero-order valence-electron chi connectivity index (χ0n) is 10.7. The highest BCUT2D eigenvalue weighted by atomic mass is 79.9. The van der Waals surface area contributed by atoms with E-state index in [1.807, 2.05) is 11.3 Å². The molecule has 0 fully saturated rings. The van der Waals surface area contributed by atoms with Gasteiger partial charge in [-0.1, -0.05) is 6.92 Å². The van der Waals surface area contributed by atoms with E-state index < -0.39 is 0 Å². The summed E-state index contributed by atoms with van der Waals surface area (Å²) in [6.45, 7) is 4.16. The molecule has 0 bridgehead atoms. The number of halogens is 1. The van der Waals surface area contributed by atoms with Gasteiger partial charge in [0.1, 0.15) is 0 Å². The van der Waals surface area contributed by atoms with Crippen LogP contribution in [0.1, 0.15) is 31.1 Å². The Balaban J connectivity index is 2.42. The number of hydrogen-bond acceptors (Lipinski definition) is 3. The molecule has 17 heavy (non-hydrogen) atoms. The van der Waals surface area contributed by atoms with Gasteiger partial charge in [-0.3, -0.25) is 0 Å². The SMILES string of the molecule is CCCNC(CCCOC)Cc1sccc1Br. The lowest BCUT2D eigenvalue weighted by atomic mass is 10.1. The van der Waals surface area contributed by atoms with Crippen LogP contribution in [-0.2, 0) is 11.2 Å². The summed E-state index contributed by atoms with van der Waals surface area (Å²) < 4.78 is 6.37. The minimum Gasteiger partial charge on any atom is -0.385 e. The minimum absolute atomic E-state index is 0.569. The van der Waals surface area contributed by atoms with Crippen LogP contribution in [0.15, 0.2) is 15.9 Å². The first-order valence-electron chi connectivity index (χ1n) is 6.22. The van der Waals surface area contributed by atoms with Crippen molar-refractivity contribution in [1.29, 1.82) is 0 Å². The van der Waals surface area contributed by atoms with E-state index in [0.29, 0.717) is 6.04 Å². The van der Waals surface area contributed by atoms with Crippen LogP contribution in [0.25, 0.3) is 0 Å². The fourth-order valence-corrected chi connectivity index (χ4v) is 3.39. The van der Waals surface area contributed by atoms with Crippen LogP contribution in [0.2, 0.25) is 0 Å². The van der Waals surface area contributed by atoms with E-state index in [1.54, 1.807) is 7.11 Å². The summed E-state index contributed by atoms with van der Waals surface area (Å²) in [6.07, 6.45) is 4.60. The summed E-state index contributed by atoms with van der Waals surface area (Å²) in [5.74, 6) is 0. The summed E-state index contributed by atoms with van der Waals surface area (Å²) in [6, 6.07) is 2.70. The predicted octanol–water partition coefficient (Wildman–Crippen LogP) is 3.85. The number of thiophene rings is 1. The fraction of sp³-hybridized carbons (Fsp3) is 0.692. The van der Waals surface area contributed by atoms with Crippen molar-refractivity contribution in [2.45, 2.75) is 38.6 Å². The molecule has 1 unspecified atom stereocenters. The van der Waals surface area contributed by atoms with Crippen LogP contribution in [0, 0.1) is 0 Å². The van der Waals surface area contributed by atoms with Crippen LogP contribution >= 0.6 is 27.3 Å². The van der Waals surface area contributed by atoms with Crippen molar-refractivity contribution >= 4 is 27.3 Å². The van der Waals surface area contributed by atoms with E-state index in [0.717, 1.165) is 26.0 Å². The summed E-state index contributed by atoms with van der Waals surface area (Å²) >= 11 is 5.44. The molecule has 0 aliphatic carbocycles. The van der Waals surface area contributed by atoms with E-state index in [1.165, 1.54) is 22.2 Å². The molecule has 0 aliphatic rings. The van der Waals surface area contributed by atoms with Crippen molar-refractivity contribution in [2.75, 3.05) is 20.3 Å². The highest BCUT2D eigenvalue weighted by Gasteiger charge is 2.11. The number of nitrogens with one attached hydrogen (secondary N) is 1. The molecule has 0 amide bonds. The molecule has 1 aromatic heterocycles. The average molecular weight is 320 g/mol. The Labute approximate surface area is 117 Å². The fourth-order valence-electron chi connectivity index (χ4n) is 1.79. The van der Waals surface area contributed by atoms with Crippen molar-refractivity contribution in [3.05, 3.63) is 20.8 Å². The van der Waals surface area contributed by atoms with Crippen LogP contribution in [-0.4, -0.2) is 26.3 Å². The number of methoxy groups -OCH3 is 1. The smallest absolute Gasteiger partial charge is 0.0462 e. The molecule has 4 heteroatoms. The first kappa shape index (κ1) is 15.2. The van der Waals surface area contributed by atoms with Gasteiger partial charge >= 0.3 is 0 Å². The molecule has 1 heterocycles.